The minimum absolute atomic E-state index is 0. The zero-order chi connectivity index (χ0) is 6.10. The van der Waals surface area contributed by atoms with Crippen LogP contribution in [0.4, 0.5) is 11.4 Å². The zero-order valence-electron chi connectivity index (χ0n) is 5.52. The Kier molecular flexibility index (Phi) is 1.78. The molecule has 0 amide bonds. The number of benzene rings is 1. The van der Waals surface area contributed by atoms with Crippen LogP contribution in [0.15, 0.2) is 24.3 Å². The van der Waals surface area contributed by atoms with E-state index in [9.17, 15) is 0 Å². The molecule has 0 saturated heterocycles. The third kappa shape index (κ3) is 0.910. The van der Waals surface area contributed by atoms with Crippen LogP contribution in [0.2, 0.25) is 0 Å². The van der Waals surface area contributed by atoms with E-state index in [1.165, 1.54) is 11.4 Å². The number of anilines is 2. The highest BCUT2D eigenvalue weighted by molar-refractivity contribution is 5.72. The Morgan fingerprint density at radius 3 is 2.00 bits per heavy atom. The van der Waals surface area contributed by atoms with Gasteiger partial charge in [-0.05, 0) is 12.1 Å². The number of rotatable bonds is 0. The second-order valence-corrected chi connectivity index (χ2v) is 2.08. The number of para-hydroxylation sites is 2. The summed E-state index contributed by atoms with van der Waals surface area (Å²) in [5, 5.41) is 6.38. The van der Waals surface area contributed by atoms with Crippen molar-refractivity contribution in [2.24, 2.45) is 0 Å². The van der Waals surface area contributed by atoms with Gasteiger partial charge >= 0.3 is 0 Å². The smallest absolute Gasteiger partial charge is 0.0850 e. The fourth-order valence-electron chi connectivity index (χ4n) is 1.03. The van der Waals surface area contributed by atoms with Crippen LogP contribution in [-0.4, -0.2) is 12.1 Å². The molecule has 4 N–H and O–H groups in total. The summed E-state index contributed by atoms with van der Waals surface area (Å²) < 4.78 is 0. The van der Waals surface area contributed by atoms with Crippen molar-refractivity contribution in [1.29, 1.82) is 0 Å². The maximum atomic E-state index is 3.19. The van der Waals surface area contributed by atoms with Crippen molar-refractivity contribution in [3.05, 3.63) is 24.3 Å². The number of hydrogen-bond acceptors (Lipinski definition) is 2. The molecule has 10 heavy (non-hydrogen) atoms. The Morgan fingerprint density at radius 1 is 1.00 bits per heavy atom. The molecular formula is C7H10N2O. The molecule has 1 heterocycles. The predicted molar refractivity (Wildman–Crippen MR) is 42.2 cm³/mol. The van der Waals surface area contributed by atoms with Gasteiger partial charge in [0.15, 0.2) is 0 Å². The van der Waals surface area contributed by atoms with Crippen LogP contribution in [-0.2, 0) is 0 Å². The second-order valence-electron chi connectivity index (χ2n) is 2.08. The van der Waals surface area contributed by atoms with E-state index in [-0.39, 0.29) is 5.48 Å². The van der Waals surface area contributed by atoms with E-state index >= 15 is 0 Å². The van der Waals surface area contributed by atoms with Crippen molar-refractivity contribution >= 4 is 11.4 Å². The van der Waals surface area contributed by atoms with Crippen LogP contribution in [0.3, 0.4) is 0 Å². The summed E-state index contributed by atoms with van der Waals surface area (Å²) in [5.74, 6) is 0. The highest BCUT2D eigenvalue weighted by Gasteiger charge is 2.04. The topological polar surface area (TPSA) is 55.6 Å². The van der Waals surface area contributed by atoms with Gasteiger partial charge in [-0.3, -0.25) is 0 Å². The minimum Gasteiger partial charge on any atom is -0.412 e. The van der Waals surface area contributed by atoms with Gasteiger partial charge in [-0.2, -0.15) is 0 Å². The normalized spacial score (nSPS) is 12.4. The molecule has 1 aromatic carbocycles. The lowest BCUT2D eigenvalue weighted by Crippen LogP contribution is -1.98. The molecule has 1 aliphatic rings. The third-order valence-corrected chi connectivity index (χ3v) is 1.48. The fraction of sp³-hybridized carbons (Fsp3) is 0.143. The number of nitrogens with one attached hydrogen (secondary N) is 2. The third-order valence-electron chi connectivity index (χ3n) is 1.48. The summed E-state index contributed by atoms with van der Waals surface area (Å²) in [7, 11) is 0. The van der Waals surface area contributed by atoms with Crippen molar-refractivity contribution in [3.63, 3.8) is 0 Å². The quantitative estimate of drug-likeness (QED) is 0.553. The average Bonchev–Trinajstić information content (AvgIpc) is 2.33. The summed E-state index contributed by atoms with van der Waals surface area (Å²) in [4.78, 5) is 0. The predicted octanol–water partition coefficient (Wildman–Crippen LogP) is 0.657. The van der Waals surface area contributed by atoms with Crippen molar-refractivity contribution < 1.29 is 5.48 Å². The molecule has 0 saturated carbocycles. The van der Waals surface area contributed by atoms with E-state index in [1.807, 2.05) is 12.1 Å². The maximum Gasteiger partial charge on any atom is 0.0850 e. The van der Waals surface area contributed by atoms with Gasteiger partial charge in [0.1, 0.15) is 0 Å². The lowest BCUT2D eigenvalue weighted by molar-refractivity contribution is 0.824. The van der Waals surface area contributed by atoms with Gasteiger partial charge in [0, 0.05) is 0 Å². The molecule has 1 aromatic rings. The minimum atomic E-state index is 0. The summed E-state index contributed by atoms with van der Waals surface area (Å²) in [6.07, 6.45) is 0. The van der Waals surface area contributed by atoms with E-state index in [2.05, 4.69) is 22.8 Å². The average molecular weight is 138 g/mol. The summed E-state index contributed by atoms with van der Waals surface area (Å²) in [6, 6.07) is 8.18. The van der Waals surface area contributed by atoms with E-state index in [0.29, 0.717) is 0 Å². The molecule has 1 aliphatic heterocycles. The van der Waals surface area contributed by atoms with E-state index in [4.69, 9.17) is 0 Å². The van der Waals surface area contributed by atoms with E-state index < -0.39 is 0 Å². The first-order valence-electron chi connectivity index (χ1n) is 3.03. The molecule has 0 atom stereocenters. The monoisotopic (exact) mass is 138 g/mol. The van der Waals surface area contributed by atoms with Gasteiger partial charge in [-0.15, -0.1) is 0 Å². The summed E-state index contributed by atoms with van der Waals surface area (Å²) >= 11 is 0. The van der Waals surface area contributed by atoms with Gasteiger partial charge in [0.25, 0.3) is 0 Å². The Morgan fingerprint density at radius 2 is 1.50 bits per heavy atom. The Balaban J connectivity index is 0.000000500. The molecule has 0 bridgehead atoms. The molecule has 0 radical (unpaired) electrons. The Labute approximate surface area is 59.4 Å². The van der Waals surface area contributed by atoms with Crippen molar-refractivity contribution in [1.82, 2.24) is 0 Å². The second kappa shape index (κ2) is 2.58. The molecule has 54 valence electrons. The van der Waals surface area contributed by atoms with Crippen LogP contribution >= 0.6 is 0 Å². The highest BCUT2D eigenvalue weighted by Crippen LogP contribution is 2.23. The van der Waals surface area contributed by atoms with Crippen LogP contribution in [0.25, 0.3) is 0 Å². The molecule has 0 spiro atoms. The Hall–Kier alpha value is -1.22. The molecule has 0 aliphatic carbocycles. The molecule has 0 unspecified atom stereocenters. The summed E-state index contributed by atoms with van der Waals surface area (Å²) in [6.45, 7) is 0.860. The van der Waals surface area contributed by atoms with Gasteiger partial charge in [-0.25, -0.2) is 0 Å². The first kappa shape index (κ1) is 6.89. The van der Waals surface area contributed by atoms with Gasteiger partial charge in [0.2, 0.25) is 0 Å². The fourth-order valence-corrected chi connectivity index (χ4v) is 1.03. The SMILES string of the molecule is O.c1ccc2c(c1)NCN2. The number of fused-ring (bicyclic) bond motifs is 1. The van der Waals surface area contributed by atoms with Gasteiger partial charge < -0.3 is 16.1 Å². The van der Waals surface area contributed by atoms with Crippen LogP contribution < -0.4 is 10.6 Å². The van der Waals surface area contributed by atoms with Gasteiger partial charge in [0.05, 0.1) is 18.0 Å². The van der Waals surface area contributed by atoms with Crippen LogP contribution in [0.1, 0.15) is 0 Å². The lowest BCUT2D eigenvalue weighted by atomic mass is 10.3. The van der Waals surface area contributed by atoms with Crippen molar-refractivity contribution in [2.75, 3.05) is 17.3 Å². The lowest BCUT2D eigenvalue weighted by Gasteiger charge is -1.93. The highest BCUT2D eigenvalue weighted by atomic mass is 16.0. The first-order chi connectivity index (χ1) is 4.47. The molecule has 3 heteroatoms. The van der Waals surface area contributed by atoms with Crippen LogP contribution in [0, 0.1) is 0 Å². The largest absolute Gasteiger partial charge is 0.412 e. The number of hydrogen-bond donors (Lipinski definition) is 2. The van der Waals surface area contributed by atoms with Gasteiger partial charge in [-0.1, -0.05) is 12.1 Å². The van der Waals surface area contributed by atoms with Crippen molar-refractivity contribution in [2.45, 2.75) is 0 Å². The van der Waals surface area contributed by atoms with E-state index in [1.54, 1.807) is 0 Å². The maximum absolute atomic E-state index is 3.19. The molecule has 0 aromatic heterocycles. The molecule has 3 nitrogen and oxygen atoms in total. The van der Waals surface area contributed by atoms with Crippen molar-refractivity contribution in [3.8, 4) is 0 Å². The molecule has 0 fully saturated rings. The zero-order valence-corrected chi connectivity index (χ0v) is 5.52. The van der Waals surface area contributed by atoms with E-state index in [0.717, 1.165) is 6.67 Å². The molecular weight excluding hydrogens is 128 g/mol. The standard InChI is InChI=1S/C7H8N2.H2O/c1-2-4-7-6(3-1)8-5-9-7;/h1-4,8-9H,5H2;1H2. The first-order valence-corrected chi connectivity index (χ1v) is 3.03. The molecule has 2 rings (SSSR count). The Bertz CT molecular complexity index is 202. The summed E-state index contributed by atoms with van der Waals surface area (Å²) in [5.41, 5.74) is 2.41. The van der Waals surface area contributed by atoms with Crippen LogP contribution in [0.5, 0.6) is 0 Å².